The van der Waals surface area contributed by atoms with Crippen LogP contribution in [0.1, 0.15) is 54.4 Å². The highest BCUT2D eigenvalue weighted by Crippen LogP contribution is 2.11. The van der Waals surface area contributed by atoms with Gasteiger partial charge in [-0.15, -0.1) is 0 Å². The summed E-state index contributed by atoms with van der Waals surface area (Å²) < 4.78 is 10.3. The first-order chi connectivity index (χ1) is 8.93. The molecule has 0 aliphatic rings. The van der Waals surface area contributed by atoms with Gasteiger partial charge in [0.05, 0.1) is 0 Å². The second-order valence-corrected chi connectivity index (χ2v) is 6.70. The second kappa shape index (κ2) is 7.47. The second-order valence-electron chi connectivity index (χ2n) is 6.70. The molecule has 0 radical (unpaired) electrons. The lowest BCUT2D eigenvalue weighted by Gasteiger charge is -2.23. The summed E-state index contributed by atoms with van der Waals surface area (Å²) in [5, 5.41) is 2.65. The summed E-state index contributed by atoms with van der Waals surface area (Å²) in [7, 11) is 0. The Balaban J connectivity index is 4.17. The van der Waals surface area contributed by atoms with Crippen LogP contribution in [0, 0.1) is 0 Å². The molecule has 0 bridgehead atoms. The van der Waals surface area contributed by atoms with E-state index in [4.69, 9.17) is 15.2 Å². The Kier molecular flexibility index (Phi) is 6.99. The third kappa shape index (κ3) is 10.6. The van der Waals surface area contributed by atoms with Gasteiger partial charge in [0.25, 0.3) is 0 Å². The summed E-state index contributed by atoms with van der Waals surface area (Å²) in [6.45, 7) is 11.0. The van der Waals surface area contributed by atoms with E-state index < -0.39 is 17.3 Å². The lowest BCUT2D eigenvalue weighted by molar-refractivity contribution is -0.155. The van der Waals surface area contributed by atoms with Gasteiger partial charge in [0, 0.05) is 19.0 Å². The van der Waals surface area contributed by atoms with Crippen LogP contribution in [0.4, 0.5) is 4.79 Å². The number of nitrogens with two attached hydrogens (primary N) is 1. The molecule has 0 heterocycles. The lowest BCUT2D eigenvalue weighted by Crippen LogP contribution is -2.43. The highest BCUT2D eigenvalue weighted by Gasteiger charge is 2.21. The highest BCUT2D eigenvalue weighted by atomic mass is 16.6. The van der Waals surface area contributed by atoms with Crippen molar-refractivity contribution in [1.82, 2.24) is 5.32 Å². The molecule has 0 saturated heterocycles. The van der Waals surface area contributed by atoms with E-state index in [0.717, 1.165) is 0 Å². The Morgan fingerprint density at radius 1 is 1.05 bits per heavy atom. The maximum absolute atomic E-state index is 11.6. The van der Waals surface area contributed by atoms with Crippen molar-refractivity contribution in [3.05, 3.63) is 0 Å². The first kappa shape index (κ1) is 18.7. The number of carbonyl (C=O) groups excluding carboxylic acids is 2. The minimum Gasteiger partial charge on any atom is -0.460 e. The highest BCUT2D eigenvalue weighted by molar-refractivity contribution is 5.70. The summed E-state index contributed by atoms with van der Waals surface area (Å²) in [6.07, 6.45) is 0.0942. The van der Waals surface area contributed by atoms with Crippen LogP contribution in [-0.2, 0) is 14.3 Å². The Labute approximate surface area is 121 Å². The zero-order chi connectivity index (χ0) is 16.0. The monoisotopic (exact) mass is 288 g/mol. The van der Waals surface area contributed by atoms with Crippen molar-refractivity contribution < 1.29 is 19.1 Å². The van der Waals surface area contributed by atoms with Crippen LogP contribution in [0.3, 0.4) is 0 Å². The molecular formula is C14H28N2O4. The van der Waals surface area contributed by atoms with Crippen molar-refractivity contribution in [1.29, 1.82) is 0 Å². The third-order valence-electron chi connectivity index (χ3n) is 2.12. The molecule has 0 rings (SSSR count). The molecule has 0 aromatic rings. The van der Waals surface area contributed by atoms with Crippen LogP contribution < -0.4 is 11.1 Å². The Morgan fingerprint density at radius 3 is 1.95 bits per heavy atom. The zero-order valence-corrected chi connectivity index (χ0v) is 13.4. The topological polar surface area (TPSA) is 90.6 Å². The molecule has 6 nitrogen and oxygen atoms in total. The van der Waals surface area contributed by atoms with Gasteiger partial charge >= 0.3 is 12.1 Å². The molecule has 118 valence electrons. The van der Waals surface area contributed by atoms with Crippen LogP contribution in [0.5, 0.6) is 0 Å². The number of hydrogen-bond acceptors (Lipinski definition) is 5. The fourth-order valence-corrected chi connectivity index (χ4v) is 1.41. The maximum atomic E-state index is 11.6. The van der Waals surface area contributed by atoms with Gasteiger partial charge in [0.15, 0.2) is 0 Å². The van der Waals surface area contributed by atoms with E-state index >= 15 is 0 Å². The van der Waals surface area contributed by atoms with Gasteiger partial charge in [0.2, 0.25) is 0 Å². The molecule has 3 N–H and O–H groups in total. The number of ether oxygens (including phenoxy) is 2. The predicted molar refractivity (Wildman–Crippen MR) is 77.3 cm³/mol. The number of esters is 1. The first-order valence-electron chi connectivity index (χ1n) is 6.84. The van der Waals surface area contributed by atoms with E-state index in [1.807, 2.05) is 20.8 Å². The summed E-state index contributed by atoms with van der Waals surface area (Å²) in [6, 6.07) is -0.308. The molecule has 0 aliphatic carbocycles. The van der Waals surface area contributed by atoms with Crippen molar-refractivity contribution in [3.8, 4) is 0 Å². The minimum absolute atomic E-state index is 0.203. The van der Waals surface area contributed by atoms with Crippen LogP contribution in [0.25, 0.3) is 0 Å². The number of carbonyl (C=O) groups is 2. The van der Waals surface area contributed by atoms with Crippen molar-refractivity contribution in [3.63, 3.8) is 0 Å². The fourth-order valence-electron chi connectivity index (χ4n) is 1.41. The van der Waals surface area contributed by atoms with Crippen molar-refractivity contribution in [2.45, 2.75) is 71.6 Å². The Hall–Kier alpha value is -1.30. The number of rotatable bonds is 5. The van der Waals surface area contributed by atoms with Gasteiger partial charge in [0.1, 0.15) is 11.2 Å². The number of alkyl carbamates (subject to hydrolysis) is 1. The van der Waals surface area contributed by atoms with Gasteiger partial charge < -0.3 is 20.5 Å². The Bertz CT molecular complexity index is 329. The van der Waals surface area contributed by atoms with Gasteiger partial charge in [-0.3, -0.25) is 4.79 Å². The van der Waals surface area contributed by atoms with E-state index in [2.05, 4.69) is 5.32 Å². The average molecular weight is 288 g/mol. The van der Waals surface area contributed by atoms with Gasteiger partial charge in [-0.05, 0) is 48.0 Å². The van der Waals surface area contributed by atoms with E-state index in [9.17, 15) is 9.59 Å². The fraction of sp³-hybridized carbons (Fsp3) is 0.857. The van der Waals surface area contributed by atoms with Crippen molar-refractivity contribution in [2.24, 2.45) is 5.73 Å². The maximum Gasteiger partial charge on any atom is 0.407 e. The molecule has 0 aromatic heterocycles. The standard InChI is InChI=1S/C14H28N2O4/c1-13(2,3)19-11(17)8-7-10(9-15)16-12(18)20-14(4,5)6/h10H,7-9,15H2,1-6H3,(H,16,18)/t10-/m0/s1. The molecule has 20 heavy (non-hydrogen) atoms. The first-order valence-corrected chi connectivity index (χ1v) is 6.84. The van der Waals surface area contributed by atoms with Gasteiger partial charge in [-0.1, -0.05) is 0 Å². The van der Waals surface area contributed by atoms with Gasteiger partial charge in [-0.25, -0.2) is 4.79 Å². The number of nitrogens with one attached hydrogen (secondary N) is 1. The lowest BCUT2D eigenvalue weighted by atomic mass is 10.1. The summed E-state index contributed by atoms with van der Waals surface area (Å²) in [5.74, 6) is -0.304. The molecular weight excluding hydrogens is 260 g/mol. The normalized spacial score (nSPS) is 13.6. The van der Waals surface area contributed by atoms with E-state index in [1.165, 1.54) is 0 Å². The summed E-state index contributed by atoms with van der Waals surface area (Å²) in [5.41, 5.74) is 4.51. The predicted octanol–water partition coefficient (Wildman–Crippen LogP) is 1.96. The molecule has 1 amide bonds. The van der Waals surface area contributed by atoms with E-state index in [1.54, 1.807) is 20.8 Å². The minimum atomic E-state index is -0.561. The van der Waals surface area contributed by atoms with Crippen LogP contribution in [-0.4, -0.2) is 35.9 Å². The quantitative estimate of drug-likeness (QED) is 0.755. The molecule has 1 atom stereocenters. The van der Waals surface area contributed by atoms with Crippen LogP contribution in [0.15, 0.2) is 0 Å². The van der Waals surface area contributed by atoms with Crippen LogP contribution in [0.2, 0.25) is 0 Å². The molecule has 0 fully saturated rings. The average Bonchev–Trinajstić information content (AvgIpc) is 2.18. The van der Waals surface area contributed by atoms with Crippen molar-refractivity contribution in [2.75, 3.05) is 6.54 Å². The van der Waals surface area contributed by atoms with Crippen molar-refractivity contribution >= 4 is 12.1 Å². The summed E-state index contributed by atoms with van der Waals surface area (Å²) >= 11 is 0. The smallest absolute Gasteiger partial charge is 0.407 e. The molecule has 0 unspecified atom stereocenters. The van der Waals surface area contributed by atoms with E-state index in [0.29, 0.717) is 6.42 Å². The molecule has 0 aliphatic heterocycles. The molecule has 0 spiro atoms. The SMILES string of the molecule is CC(C)(C)OC(=O)CC[C@@H](CN)NC(=O)OC(C)(C)C. The summed E-state index contributed by atoms with van der Waals surface area (Å²) in [4.78, 5) is 23.2. The van der Waals surface area contributed by atoms with E-state index in [-0.39, 0.29) is 25.0 Å². The third-order valence-corrected chi connectivity index (χ3v) is 2.12. The molecule has 0 saturated carbocycles. The van der Waals surface area contributed by atoms with Crippen LogP contribution >= 0.6 is 0 Å². The van der Waals surface area contributed by atoms with Gasteiger partial charge in [-0.2, -0.15) is 0 Å². The number of hydrogen-bond donors (Lipinski definition) is 2. The number of amides is 1. The molecule has 6 heteroatoms. The zero-order valence-electron chi connectivity index (χ0n) is 13.4. The Morgan fingerprint density at radius 2 is 1.55 bits per heavy atom. The largest absolute Gasteiger partial charge is 0.460 e. The molecule has 0 aromatic carbocycles.